The van der Waals surface area contributed by atoms with Crippen LogP contribution in [0.15, 0.2) is 48.5 Å². The summed E-state index contributed by atoms with van der Waals surface area (Å²) in [6.07, 6.45) is -4.77. The third kappa shape index (κ3) is 4.26. The fourth-order valence-electron chi connectivity index (χ4n) is 4.38. The van der Waals surface area contributed by atoms with Crippen LogP contribution in [0.4, 0.5) is 18.9 Å². The number of ether oxygens (including phenoxy) is 1. The van der Waals surface area contributed by atoms with Gasteiger partial charge in [-0.25, -0.2) is 0 Å². The fourth-order valence-corrected chi connectivity index (χ4v) is 4.38. The number of likely N-dealkylation sites (N-methyl/N-ethyl adjacent to an activating group) is 1. The Labute approximate surface area is 174 Å². The molecule has 0 bridgehead atoms. The number of halogens is 3. The number of nitrogens with zero attached hydrogens (tertiary/aromatic N) is 2. The van der Waals surface area contributed by atoms with E-state index in [0.29, 0.717) is 30.8 Å². The second-order valence-electron chi connectivity index (χ2n) is 8.21. The molecule has 3 rings (SSSR count). The Morgan fingerprint density at radius 3 is 2.27 bits per heavy atom. The summed E-state index contributed by atoms with van der Waals surface area (Å²) in [5.41, 5.74) is 0.00187. The van der Waals surface area contributed by atoms with E-state index in [1.807, 2.05) is 50.2 Å². The molecule has 0 aromatic heterocycles. The van der Waals surface area contributed by atoms with Crippen molar-refractivity contribution in [2.24, 2.45) is 5.41 Å². The quantitative estimate of drug-likeness (QED) is 0.715. The lowest BCUT2D eigenvalue weighted by Gasteiger charge is -2.56. The normalized spacial score (nSPS) is 18.4. The van der Waals surface area contributed by atoms with Crippen molar-refractivity contribution >= 4 is 5.69 Å². The molecule has 1 unspecified atom stereocenters. The van der Waals surface area contributed by atoms with Crippen LogP contribution in [0.3, 0.4) is 0 Å². The molecule has 0 aliphatic carbocycles. The Balaban J connectivity index is 2.04. The average Bonchev–Trinajstić information content (AvgIpc) is 2.66. The highest BCUT2D eigenvalue weighted by Crippen LogP contribution is 2.50. The molecular weight excluding hydrogens is 397 g/mol. The molecule has 30 heavy (non-hydrogen) atoms. The van der Waals surface area contributed by atoms with Crippen LogP contribution in [0.2, 0.25) is 0 Å². The fraction of sp³-hybridized carbons (Fsp3) is 0.455. The maximum atomic E-state index is 12.5. The molecule has 1 saturated heterocycles. The van der Waals surface area contributed by atoms with Gasteiger partial charge in [0.2, 0.25) is 0 Å². The number of hydrogen-bond donors (Lipinski definition) is 2. The number of benzene rings is 2. The summed E-state index contributed by atoms with van der Waals surface area (Å²) in [6.45, 7) is 3.65. The molecule has 1 heterocycles. The lowest BCUT2D eigenvalue weighted by molar-refractivity contribution is -0.274. The number of alkyl halides is 3. The summed E-state index contributed by atoms with van der Waals surface area (Å²) in [6, 6.07) is 12.8. The molecule has 164 valence electrons. The predicted molar refractivity (Wildman–Crippen MR) is 109 cm³/mol. The van der Waals surface area contributed by atoms with E-state index in [0.717, 1.165) is 5.69 Å². The molecule has 0 saturated carbocycles. The molecule has 0 radical (unpaired) electrons. The lowest BCUT2D eigenvalue weighted by Crippen LogP contribution is -2.63. The maximum Gasteiger partial charge on any atom is 0.573 e. The smallest absolute Gasteiger partial charge is 0.406 e. The molecule has 1 atom stereocenters. The minimum Gasteiger partial charge on any atom is -0.406 e. The van der Waals surface area contributed by atoms with Gasteiger partial charge in [-0.05, 0) is 42.4 Å². The van der Waals surface area contributed by atoms with Crippen molar-refractivity contribution in [1.82, 2.24) is 4.90 Å². The van der Waals surface area contributed by atoms with E-state index in [1.54, 1.807) is 0 Å². The van der Waals surface area contributed by atoms with Gasteiger partial charge < -0.3 is 24.7 Å². The van der Waals surface area contributed by atoms with Gasteiger partial charge in [-0.3, -0.25) is 0 Å². The second-order valence-corrected chi connectivity index (χ2v) is 8.21. The zero-order chi connectivity index (χ0) is 22.2. The van der Waals surface area contributed by atoms with Gasteiger partial charge in [0.25, 0.3) is 0 Å². The summed E-state index contributed by atoms with van der Waals surface area (Å²) >= 11 is 0. The molecule has 0 spiro atoms. The summed E-state index contributed by atoms with van der Waals surface area (Å²) in [4.78, 5) is 3.95. The second kappa shape index (κ2) is 8.09. The minimum atomic E-state index is -4.77. The molecule has 1 fully saturated rings. The number of rotatable bonds is 7. The standard InChI is InChI=1S/C22H27F3N2O3/c1-20(14-26(2)15-20)21(29,16-7-9-19(10-8-16)30-22(23,24)25)17-5-4-6-18(13-17)27(3)11-12-28/h4-10,13,28-29H,11-12,14-15H2,1-3H3. The third-order valence-corrected chi connectivity index (χ3v) is 5.76. The number of aliphatic hydroxyl groups is 2. The number of hydrogen-bond acceptors (Lipinski definition) is 5. The van der Waals surface area contributed by atoms with Crippen LogP contribution in [0.1, 0.15) is 18.1 Å². The van der Waals surface area contributed by atoms with Gasteiger partial charge in [0.05, 0.1) is 6.61 Å². The monoisotopic (exact) mass is 424 g/mol. The van der Waals surface area contributed by atoms with Gasteiger partial charge in [0.15, 0.2) is 0 Å². The number of aliphatic hydroxyl groups excluding tert-OH is 1. The van der Waals surface area contributed by atoms with Crippen LogP contribution in [0.25, 0.3) is 0 Å². The van der Waals surface area contributed by atoms with Crippen molar-refractivity contribution in [3.05, 3.63) is 59.7 Å². The van der Waals surface area contributed by atoms with Gasteiger partial charge in [0.1, 0.15) is 11.4 Å². The summed E-state index contributed by atoms with van der Waals surface area (Å²) < 4.78 is 41.5. The van der Waals surface area contributed by atoms with Crippen LogP contribution in [-0.2, 0) is 5.60 Å². The van der Waals surface area contributed by atoms with Crippen LogP contribution in [-0.4, -0.2) is 61.8 Å². The van der Waals surface area contributed by atoms with Gasteiger partial charge in [-0.1, -0.05) is 31.2 Å². The van der Waals surface area contributed by atoms with E-state index in [-0.39, 0.29) is 12.4 Å². The summed E-state index contributed by atoms with van der Waals surface area (Å²) in [7, 11) is 3.80. The van der Waals surface area contributed by atoms with Crippen molar-refractivity contribution in [1.29, 1.82) is 0 Å². The highest BCUT2D eigenvalue weighted by atomic mass is 19.4. The van der Waals surface area contributed by atoms with E-state index in [2.05, 4.69) is 9.64 Å². The van der Waals surface area contributed by atoms with Crippen LogP contribution >= 0.6 is 0 Å². The number of anilines is 1. The van der Waals surface area contributed by atoms with E-state index in [9.17, 15) is 23.4 Å². The van der Waals surface area contributed by atoms with E-state index in [4.69, 9.17) is 0 Å². The topological polar surface area (TPSA) is 56.2 Å². The van der Waals surface area contributed by atoms with E-state index < -0.39 is 17.4 Å². The van der Waals surface area contributed by atoms with Crippen molar-refractivity contribution in [2.45, 2.75) is 18.9 Å². The van der Waals surface area contributed by atoms with Gasteiger partial charge in [-0.15, -0.1) is 13.2 Å². The molecule has 1 aliphatic rings. The van der Waals surface area contributed by atoms with Crippen molar-refractivity contribution in [2.75, 3.05) is 45.2 Å². The first-order valence-electron chi connectivity index (χ1n) is 9.68. The highest BCUT2D eigenvalue weighted by molar-refractivity contribution is 5.52. The van der Waals surface area contributed by atoms with Crippen LogP contribution < -0.4 is 9.64 Å². The predicted octanol–water partition coefficient (Wildman–Crippen LogP) is 3.20. The molecule has 0 amide bonds. The van der Waals surface area contributed by atoms with Gasteiger partial charge in [0, 0.05) is 37.8 Å². The Morgan fingerprint density at radius 2 is 1.73 bits per heavy atom. The van der Waals surface area contributed by atoms with Crippen molar-refractivity contribution < 1.29 is 28.1 Å². The molecule has 8 heteroatoms. The SMILES string of the molecule is CN1CC(C)(C(O)(c2ccc(OC(F)(F)F)cc2)c2cccc(N(C)CCO)c2)C1. The first-order valence-corrected chi connectivity index (χ1v) is 9.68. The first-order chi connectivity index (χ1) is 14.0. The van der Waals surface area contributed by atoms with Crippen LogP contribution in [0, 0.1) is 5.41 Å². The maximum absolute atomic E-state index is 12.5. The highest BCUT2D eigenvalue weighted by Gasteiger charge is 2.55. The summed E-state index contributed by atoms with van der Waals surface area (Å²) in [5.74, 6) is -0.332. The minimum absolute atomic E-state index is 0.00578. The molecular formula is C22H27F3N2O3. The zero-order valence-corrected chi connectivity index (χ0v) is 17.3. The largest absolute Gasteiger partial charge is 0.573 e. The molecule has 2 N–H and O–H groups in total. The van der Waals surface area contributed by atoms with Gasteiger partial charge >= 0.3 is 6.36 Å². The Bertz CT molecular complexity index is 867. The summed E-state index contributed by atoms with van der Waals surface area (Å²) in [5, 5.41) is 21.3. The zero-order valence-electron chi connectivity index (χ0n) is 17.3. The Kier molecular flexibility index (Phi) is 6.04. The molecule has 2 aromatic carbocycles. The molecule has 1 aliphatic heterocycles. The Hall–Kier alpha value is -2.29. The average molecular weight is 424 g/mol. The van der Waals surface area contributed by atoms with E-state index >= 15 is 0 Å². The first kappa shape index (κ1) is 22.4. The van der Waals surface area contributed by atoms with Gasteiger partial charge in [-0.2, -0.15) is 0 Å². The van der Waals surface area contributed by atoms with E-state index in [1.165, 1.54) is 24.3 Å². The molecule has 5 nitrogen and oxygen atoms in total. The Morgan fingerprint density at radius 1 is 1.10 bits per heavy atom. The third-order valence-electron chi connectivity index (χ3n) is 5.76. The molecule has 2 aromatic rings. The van der Waals surface area contributed by atoms with Crippen molar-refractivity contribution in [3.63, 3.8) is 0 Å². The van der Waals surface area contributed by atoms with Crippen molar-refractivity contribution in [3.8, 4) is 5.75 Å². The van der Waals surface area contributed by atoms with Crippen LogP contribution in [0.5, 0.6) is 5.75 Å². The number of likely N-dealkylation sites (tertiary alicyclic amines) is 1. The lowest BCUT2D eigenvalue weighted by atomic mass is 9.62.